The monoisotopic (exact) mass is 376 g/mol. The van der Waals surface area contributed by atoms with Crippen molar-refractivity contribution in [3.8, 4) is 11.5 Å². The molecule has 3 rings (SSSR count). The molecule has 0 bridgehead atoms. The molecular formula is C22H32O5. The topological polar surface area (TPSA) is 54.0 Å². The van der Waals surface area contributed by atoms with Gasteiger partial charge < -0.3 is 18.9 Å². The molecule has 1 saturated heterocycles. The predicted molar refractivity (Wildman–Crippen MR) is 103 cm³/mol. The Morgan fingerprint density at radius 2 is 2.00 bits per heavy atom. The molecular weight excluding hydrogens is 344 g/mol. The highest BCUT2D eigenvalue weighted by molar-refractivity contribution is 5.73. The molecule has 150 valence electrons. The number of hydrogen-bond donors (Lipinski definition) is 0. The average molecular weight is 376 g/mol. The van der Waals surface area contributed by atoms with Gasteiger partial charge in [0, 0.05) is 11.5 Å². The third kappa shape index (κ3) is 3.79. The molecule has 0 spiro atoms. The lowest BCUT2D eigenvalue weighted by molar-refractivity contribution is -0.192. The van der Waals surface area contributed by atoms with Gasteiger partial charge >= 0.3 is 5.97 Å². The Kier molecular flexibility index (Phi) is 5.99. The Balaban J connectivity index is 1.98. The second kappa shape index (κ2) is 8.09. The first-order valence-electron chi connectivity index (χ1n) is 10.2. The van der Waals surface area contributed by atoms with Gasteiger partial charge in [-0.05, 0) is 46.6 Å². The van der Waals surface area contributed by atoms with Crippen LogP contribution in [0.4, 0.5) is 0 Å². The van der Waals surface area contributed by atoms with Crippen LogP contribution in [0.1, 0.15) is 65.5 Å². The van der Waals surface area contributed by atoms with Crippen LogP contribution in [0.15, 0.2) is 18.2 Å². The average Bonchev–Trinajstić information content (AvgIpc) is 2.62. The number of carbonyl (C=O) groups is 1. The molecule has 0 aromatic heterocycles. The lowest BCUT2D eigenvalue weighted by Gasteiger charge is -2.50. The molecule has 1 aromatic rings. The highest BCUT2D eigenvalue weighted by Gasteiger charge is 2.52. The summed E-state index contributed by atoms with van der Waals surface area (Å²) >= 11 is 0. The molecule has 0 amide bonds. The van der Waals surface area contributed by atoms with Crippen molar-refractivity contribution in [3.05, 3.63) is 23.8 Å². The van der Waals surface area contributed by atoms with E-state index in [4.69, 9.17) is 18.9 Å². The molecule has 1 aromatic carbocycles. The van der Waals surface area contributed by atoms with Crippen LogP contribution in [-0.4, -0.2) is 30.9 Å². The van der Waals surface area contributed by atoms with E-state index in [-0.39, 0.29) is 30.0 Å². The van der Waals surface area contributed by atoms with Crippen LogP contribution in [-0.2, 0) is 14.3 Å². The number of hydrogen-bond acceptors (Lipinski definition) is 5. The first-order chi connectivity index (χ1) is 12.9. The van der Waals surface area contributed by atoms with E-state index in [1.54, 1.807) is 0 Å². The van der Waals surface area contributed by atoms with Crippen molar-refractivity contribution in [2.75, 3.05) is 13.2 Å². The maximum atomic E-state index is 12.6. The van der Waals surface area contributed by atoms with Gasteiger partial charge in [0.25, 0.3) is 0 Å². The number of carbonyl (C=O) groups excluding carboxylic acids is 1. The number of fused-ring (bicyclic) bond motifs is 3. The molecule has 27 heavy (non-hydrogen) atoms. The molecule has 5 heteroatoms. The number of ether oxygens (including phenoxy) is 4. The number of esters is 1. The van der Waals surface area contributed by atoms with Crippen molar-refractivity contribution in [3.63, 3.8) is 0 Å². The molecule has 0 aliphatic carbocycles. The lowest BCUT2D eigenvalue weighted by atomic mass is 9.71. The van der Waals surface area contributed by atoms with E-state index in [0.29, 0.717) is 19.6 Å². The first-order valence-corrected chi connectivity index (χ1v) is 10.2. The van der Waals surface area contributed by atoms with Crippen molar-refractivity contribution in [2.24, 2.45) is 11.8 Å². The Morgan fingerprint density at radius 3 is 2.67 bits per heavy atom. The van der Waals surface area contributed by atoms with E-state index >= 15 is 0 Å². The summed E-state index contributed by atoms with van der Waals surface area (Å²) in [6.45, 7) is 11.0. The summed E-state index contributed by atoms with van der Waals surface area (Å²) in [5.74, 6) is 1.20. The van der Waals surface area contributed by atoms with Crippen LogP contribution < -0.4 is 9.47 Å². The van der Waals surface area contributed by atoms with Crippen LogP contribution in [0.2, 0.25) is 0 Å². The Labute approximate surface area is 162 Å². The van der Waals surface area contributed by atoms with Crippen LogP contribution in [0.25, 0.3) is 0 Å². The van der Waals surface area contributed by atoms with Gasteiger partial charge in [0.15, 0.2) is 11.5 Å². The van der Waals surface area contributed by atoms with Crippen molar-refractivity contribution < 1.29 is 23.7 Å². The number of benzene rings is 1. The summed E-state index contributed by atoms with van der Waals surface area (Å²) in [4.78, 5) is 12.6. The fraction of sp³-hybridized carbons (Fsp3) is 0.682. The lowest BCUT2D eigenvalue weighted by Crippen LogP contribution is -2.52. The molecule has 1 fully saturated rings. The fourth-order valence-electron chi connectivity index (χ4n) is 4.39. The van der Waals surface area contributed by atoms with Gasteiger partial charge in [-0.25, -0.2) is 0 Å². The van der Waals surface area contributed by atoms with Crippen molar-refractivity contribution in [1.29, 1.82) is 0 Å². The fourth-order valence-corrected chi connectivity index (χ4v) is 4.39. The molecule has 2 aliphatic heterocycles. The third-order valence-electron chi connectivity index (χ3n) is 5.68. The minimum atomic E-state index is -0.465. The molecule has 0 saturated carbocycles. The largest absolute Gasteiger partial charge is 0.490 e. The van der Waals surface area contributed by atoms with Crippen LogP contribution in [0, 0.1) is 11.8 Å². The van der Waals surface area contributed by atoms with Gasteiger partial charge in [-0.1, -0.05) is 25.5 Å². The van der Waals surface area contributed by atoms with Crippen LogP contribution in [0.3, 0.4) is 0 Å². The van der Waals surface area contributed by atoms with Gasteiger partial charge in [0.05, 0.1) is 31.3 Å². The Hall–Kier alpha value is -1.75. The summed E-state index contributed by atoms with van der Waals surface area (Å²) < 4.78 is 24.1. The molecule has 0 N–H and O–H groups in total. The molecule has 2 aliphatic rings. The van der Waals surface area contributed by atoms with Gasteiger partial charge in [-0.2, -0.15) is 0 Å². The zero-order valence-corrected chi connectivity index (χ0v) is 17.1. The summed E-state index contributed by atoms with van der Waals surface area (Å²) in [5, 5.41) is 0. The van der Waals surface area contributed by atoms with E-state index in [9.17, 15) is 4.79 Å². The highest BCUT2D eigenvalue weighted by Crippen LogP contribution is 2.54. The third-order valence-corrected chi connectivity index (χ3v) is 5.68. The van der Waals surface area contributed by atoms with E-state index in [1.165, 1.54) is 0 Å². The summed E-state index contributed by atoms with van der Waals surface area (Å²) in [6.07, 6.45) is 2.27. The first kappa shape index (κ1) is 20.0. The van der Waals surface area contributed by atoms with Gasteiger partial charge in [0.2, 0.25) is 0 Å². The summed E-state index contributed by atoms with van der Waals surface area (Å²) in [6, 6.07) is 5.98. The number of rotatable bonds is 6. The van der Waals surface area contributed by atoms with Gasteiger partial charge in [-0.15, -0.1) is 0 Å². The van der Waals surface area contributed by atoms with E-state index in [1.807, 2.05) is 26.0 Å². The quantitative estimate of drug-likeness (QED) is 0.675. The Bertz CT molecular complexity index is 669. The van der Waals surface area contributed by atoms with Crippen molar-refractivity contribution in [1.82, 2.24) is 0 Å². The second-order valence-corrected chi connectivity index (χ2v) is 7.90. The minimum Gasteiger partial charge on any atom is -0.490 e. The maximum Gasteiger partial charge on any atom is 0.311 e. The Morgan fingerprint density at radius 1 is 1.22 bits per heavy atom. The SMILES string of the molecule is CCC[C@H]1O[C@H]2c3cccc(OCC)c3OC(C)(C)[C@@H]2C[C@H]1C(=O)OCC. The van der Waals surface area contributed by atoms with E-state index in [0.717, 1.165) is 29.9 Å². The molecule has 4 atom stereocenters. The summed E-state index contributed by atoms with van der Waals surface area (Å²) in [5.41, 5.74) is 0.556. The van der Waals surface area contributed by atoms with Gasteiger partial charge in [0.1, 0.15) is 5.60 Å². The van der Waals surface area contributed by atoms with E-state index < -0.39 is 5.60 Å². The second-order valence-electron chi connectivity index (χ2n) is 7.90. The van der Waals surface area contributed by atoms with Crippen molar-refractivity contribution >= 4 is 5.97 Å². The minimum absolute atomic E-state index is 0.0735. The van der Waals surface area contributed by atoms with E-state index in [2.05, 4.69) is 26.8 Å². The van der Waals surface area contributed by atoms with Crippen LogP contribution >= 0.6 is 0 Å². The molecule has 0 unspecified atom stereocenters. The van der Waals surface area contributed by atoms with Crippen molar-refractivity contribution in [2.45, 2.75) is 71.7 Å². The molecule has 2 heterocycles. The number of para-hydroxylation sites is 1. The standard InChI is InChI=1S/C22H32O5/c1-6-10-17-15(21(23)25-8-3)13-16-19(26-17)14-11-9-12-18(24-7-2)20(14)27-22(16,4)5/h9,11-12,15-17,19H,6-8,10,13H2,1-5H3/t15-,16-,17-,19+/m1/s1. The van der Waals surface area contributed by atoms with Crippen LogP contribution in [0.5, 0.6) is 11.5 Å². The predicted octanol–water partition coefficient (Wildman–Crippen LogP) is 4.68. The smallest absolute Gasteiger partial charge is 0.311 e. The summed E-state index contributed by atoms with van der Waals surface area (Å²) in [7, 11) is 0. The zero-order chi connectivity index (χ0) is 19.6. The zero-order valence-electron chi connectivity index (χ0n) is 17.1. The maximum absolute atomic E-state index is 12.6. The molecule has 0 radical (unpaired) electrons. The molecule has 5 nitrogen and oxygen atoms in total. The normalized spacial score (nSPS) is 28.5. The highest BCUT2D eigenvalue weighted by atomic mass is 16.6. The van der Waals surface area contributed by atoms with Gasteiger partial charge in [-0.3, -0.25) is 4.79 Å².